The second kappa shape index (κ2) is 10.2. The first kappa shape index (κ1) is 21.7. The van der Waals surface area contributed by atoms with Crippen LogP contribution >= 0.6 is 0 Å². The molecule has 0 aliphatic rings. The fourth-order valence-electron chi connectivity index (χ4n) is 4.12. The molecule has 4 nitrogen and oxygen atoms in total. The van der Waals surface area contributed by atoms with Gasteiger partial charge in [0, 0.05) is 18.8 Å². The van der Waals surface area contributed by atoms with Gasteiger partial charge in [-0.25, -0.2) is 4.68 Å². The van der Waals surface area contributed by atoms with Gasteiger partial charge in [-0.15, -0.1) is 0 Å². The molecule has 0 fully saturated rings. The fraction of sp³-hybridized carbons (Fsp3) is 0.214. The molecule has 0 aliphatic heterocycles. The van der Waals surface area contributed by atoms with E-state index in [1.54, 1.807) is 4.68 Å². The van der Waals surface area contributed by atoms with E-state index in [2.05, 4.69) is 46.4 Å². The average molecular weight is 424 g/mol. The summed E-state index contributed by atoms with van der Waals surface area (Å²) in [5.74, 6) is 0.00585. The van der Waals surface area contributed by atoms with Crippen LogP contribution in [-0.4, -0.2) is 26.6 Å². The number of aryl methyl sites for hydroxylation is 2. The Bertz CT molecular complexity index is 1100. The molecule has 4 heteroatoms. The molecule has 3 aromatic carbocycles. The molecule has 0 spiro atoms. The molecule has 0 aliphatic carbocycles. The lowest BCUT2D eigenvalue weighted by atomic mass is 10.0. The van der Waals surface area contributed by atoms with Crippen molar-refractivity contribution in [2.45, 2.75) is 39.4 Å². The third-order valence-electron chi connectivity index (χ3n) is 5.67. The molecule has 0 amide bonds. The smallest absolute Gasteiger partial charge is 0.264 e. The van der Waals surface area contributed by atoms with E-state index in [1.807, 2.05) is 74.5 Å². The van der Waals surface area contributed by atoms with Crippen molar-refractivity contribution in [3.63, 3.8) is 0 Å². The van der Waals surface area contributed by atoms with Gasteiger partial charge in [-0.3, -0.25) is 9.69 Å². The molecule has 1 aromatic heterocycles. The molecular weight excluding hydrogens is 394 g/mol. The number of carbonyl (C=O) groups is 1. The van der Waals surface area contributed by atoms with Crippen LogP contribution in [0.4, 0.5) is 0 Å². The van der Waals surface area contributed by atoms with Gasteiger partial charge in [0.1, 0.15) is 0 Å². The van der Waals surface area contributed by atoms with Crippen molar-refractivity contribution >= 4 is 5.91 Å². The highest BCUT2D eigenvalue weighted by atomic mass is 16.2. The predicted octanol–water partition coefficient (Wildman–Crippen LogP) is 5.45. The highest BCUT2D eigenvalue weighted by molar-refractivity contribution is 5.84. The van der Waals surface area contributed by atoms with Gasteiger partial charge < -0.3 is 0 Å². The Kier molecular flexibility index (Phi) is 6.93. The summed E-state index contributed by atoms with van der Waals surface area (Å²) in [4.78, 5) is 16.1. The van der Waals surface area contributed by atoms with E-state index >= 15 is 0 Å². The maximum Gasteiger partial charge on any atom is 0.264 e. The van der Waals surface area contributed by atoms with Gasteiger partial charge in [0.05, 0.1) is 11.7 Å². The van der Waals surface area contributed by atoms with Crippen LogP contribution in [0.1, 0.15) is 32.9 Å². The predicted molar refractivity (Wildman–Crippen MR) is 128 cm³/mol. The zero-order chi connectivity index (χ0) is 22.3. The molecule has 0 radical (unpaired) electrons. The second-order valence-electron chi connectivity index (χ2n) is 8.26. The number of benzene rings is 3. The molecule has 0 bridgehead atoms. The van der Waals surface area contributed by atoms with E-state index in [0.29, 0.717) is 19.5 Å². The molecule has 1 heterocycles. The largest absolute Gasteiger partial charge is 0.283 e. The highest BCUT2D eigenvalue weighted by Gasteiger charge is 2.29. The van der Waals surface area contributed by atoms with Crippen LogP contribution in [0.25, 0.3) is 0 Å². The van der Waals surface area contributed by atoms with Gasteiger partial charge in [0.25, 0.3) is 5.91 Å². The van der Waals surface area contributed by atoms with Crippen LogP contribution in [0.15, 0.2) is 97.1 Å². The first-order chi connectivity index (χ1) is 15.6. The van der Waals surface area contributed by atoms with Crippen molar-refractivity contribution in [1.82, 2.24) is 14.7 Å². The van der Waals surface area contributed by atoms with Crippen molar-refractivity contribution < 1.29 is 4.79 Å². The Labute approximate surface area is 190 Å². The quantitative estimate of drug-likeness (QED) is 0.378. The number of hydrogen-bond acceptors (Lipinski definition) is 3. The fourth-order valence-corrected chi connectivity index (χ4v) is 4.12. The van der Waals surface area contributed by atoms with E-state index < -0.39 is 0 Å². The standard InChI is InChI=1S/C28H29N3O/c1-22-18-23(2)31(29-22)28(32)27(19-24-12-6-3-7-13-24)30(20-25-14-8-4-9-15-25)21-26-16-10-5-11-17-26/h3-18,27H,19-21H2,1-2H3/t27-/m0/s1. The minimum Gasteiger partial charge on any atom is -0.283 e. The second-order valence-corrected chi connectivity index (χ2v) is 8.26. The summed E-state index contributed by atoms with van der Waals surface area (Å²) in [6, 6.07) is 32.5. The number of aromatic nitrogens is 2. The first-order valence-electron chi connectivity index (χ1n) is 11.0. The van der Waals surface area contributed by atoms with Crippen molar-refractivity contribution in [2.24, 2.45) is 0 Å². The summed E-state index contributed by atoms with van der Waals surface area (Å²) in [5.41, 5.74) is 5.22. The van der Waals surface area contributed by atoms with Crippen molar-refractivity contribution in [3.8, 4) is 0 Å². The molecule has 32 heavy (non-hydrogen) atoms. The third-order valence-corrected chi connectivity index (χ3v) is 5.67. The summed E-state index contributed by atoms with van der Waals surface area (Å²) in [7, 11) is 0. The van der Waals surface area contributed by atoms with Crippen LogP contribution in [0, 0.1) is 13.8 Å². The van der Waals surface area contributed by atoms with E-state index in [1.165, 1.54) is 11.1 Å². The SMILES string of the molecule is Cc1cc(C)n(C(=O)[C@H](Cc2ccccc2)N(Cc2ccccc2)Cc2ccccc2)n1. The average Bonchev–Trinajstić information content (AvgIpc) is 3.16. The zero-order valence-electron chi connectivity index (χ0n) is 18.7. The van der Waals surface area contributed by atoms with Crippen LogP contribution in [0.5, 0.6) is 0 Å². The Morgan fingerprint density at radius 3 is 1.69 bits per heavy atom. The lowest BCUT2D eigenvalue weighted by Gasteiger charge is -2.31. The summed E-state index contributed by atoms with van der Waals surface area (Å²) < 4.78 is 1.58. The van der Waals surface area contributed by atoms with Gasteiger partial charge in [-0.05, 0) is 43.0 Å². The Morgan fingerprint density at radius 2 is 1.25 bits per heavy atom. The highest BCUT2D eigenvalue weighted by Crippen LogP contribution is 2.19. The number of hydrogen-bond donors (Lipinski definition) is 0. The number of nitrogens with zero attached hydrogens (tertiary/aromatic N) is 3. The molecule has 4 aromatic rings. The molecule has 0 N–H and O–H groups in total. The van der Waals surface area contributed by atoms with Crippen LogP contribution in [0.3, 0.4) is 0 Å². The van der Waals surface area contributed by atoms with Crippen LogP contribution < -0.4 is 0 Å². The van der Waals surface area contributed by atoms with E-state index in [0.717, 1.165) is 17.0 Å². The normalized spacial score (nSPS) is 12.1. The molecule has 0 unspecified atom stereocenters. The Hall–Kier alpha value is -3.50. The Balaban J connectivity index is 1.73. The lowest BCUT2D eigenvalue weighted by Crippen LogP contribution is -2.45. The molecule has 162 valence electrons. The maximum absolute atomic E-state index is 13.9. The van der Waals surface area contributed by atoms with Gasteiger partial charge in [-0.2, -0.15) is 5.10 Å². The summed E-state index contributed by atoms with van der Waals surface area (Å²) in [6.07, 6.45) is 0.623. The van der Waals surface area contributed by atoms with Gasteiger partial charge in [-0.1, -0.05) is 91.0 Å². The van der Waals surface area contributed by atoms with Crippen LogP contribution in [0.2, 0.25) is 0 Å². The third kappa shape index (κ3) is 5.40. The van der Waals surface area contributed by atoms with E-state index in [9.17, 15) is 4.79 Å². The first-order valence-corrected chi connectivity index (χ1v) is 11.0. The van der Waals surface area contributed by atoms with Gasteiger partial charge >= 0.3 is 0 Å². The summed E-state index contributed by atoms with van der Waals surface area (Å²) in [5, 5.41) is 4.51. The molecule has 0 saturated carbocycles. The van der Waals surface area contributed by atoms with E-state index in [4.69, 9.17) is 0 Å². The molecular formula is C28H29N3O. The lowest BCUT2D eigenvalue weighted by molar-refractivity contribution is 0.0682. The van der Waals surface area contributed by atoms with Gasteiger partial charge in [0.2, 0.25) is 0 Å². The molecule has 1 atom stereocenters. The molecule has 4 rings (SSSR count). The molecule has 0 saturated heterocycles. The van der Waals surface area contributed by atoms with Gasteiger partial charge in [0.15, 0.2) is 0 Å². The Morgan fingerprint density at radius 1 is 0.781 bits per heavy atom. The number of rotatable bonds is 8. The zero-order valence-corrected chi connectivity index (χ0v) is 18.7. The maximum atomic E-state index is 13.9. The summed E-state index contributed by atoms with van der Waals surface area (Å²) >= 11 is 0. The van der Waals surface area contributed by atoms with Crippen molar-refractivity contribution in [3.05, 3.63) is 125 Å². The topological polar surface area (TPSA) is 38.1 Å². The van der Waals surface area contributed by atoms with Crippen molar-refractivity contribution in [2.75, 3.05) is 0 Å². The van der Waals surface area contributed by atoms with E-state index in [-0.39, 0.29) is 11.9 Å². The monoisotopic (exact) mass is 423 g/mol. The van der Waals surface area contributed by atoms with Crippen molar-refractivity contribution in [1.29, 1.82) is 0 Å². The minimum absolute atomic E-state index is 0.00585. The number of carbonyl (C=O) groups excluding carboxylic acids is 1. The van der Waals surface area contributed by atoms with Crippen LogP contribution in [-0.2, 0) is 19.5 Å². The minimum atomic E-state index is -0.351. The summed E-state index contributed by atoms with van der Waals surface area (Å²) in [6.45, 7) is 5.22.